The molecule has 2 aliphatic heterocycles. The summed E-state index contributed by atoms with van der Waals surface area (Å²) in [7, 11) is 0. The van der Waals surface area contributed by atoms with Gasteiger partial charge in [0.25, 0.3) is 0 Å². The summed E-state index contributed by atoms with van der Waals surface area (Å²) < 4.78 is 9.82. The molecule has 2 unspecified atom stereocenters. The molecule has 0 bridgehead atoms. The van der Waals surface area contributed by atoms with Crippen molar-refractivity contribution in [2.75, 3.05) is 26.0 Å². The van der Waals surface area contributed by atoms with Gasteiger partial charge in [-0.25, -0.2) is 9.69 Å². The first-order valence-electron chi connectivity index (χ1n) is 9.17. The molecule has 2 aliphatic rings. The highest BCUT2D eigenvalue weighted by atomic mass is 32.2. The Labute approximate surface area is 182 Å². The quantitative estimate of drug-likeness (QED) is 0.165. The lowest BCUT2D eigenvalue weighted by Crippen LogP contribution is -2.36. The molecule has 0 aromatic heterocycles. The summed E-state index contributed by atoms with van der Waals surface area (Å²) in [4.78, 5) is 73.7. The molecule has 2 rings (SSSR count). The van der Waals surface area contributed by atoms with Gasteiger partial charge in [0.15, 0.2) is 5.70 Å². The minimum Gasteiger partial charge on any atom is -0.461 e. The molecular formula is C20H20N2O8S. The summed E-state index contributed by atoms with van der Waals surface area (Å²) in [6.45, 7) is 3.58. The average Bonchev–Trinajstić information content (AvgIpc) is 3.15. The number of carbonyl (C=O) groups excluding carboxylic acids is 6. The summed E-state index contributed by atoms with van der Waals surface area (Å²) in [5.41, 5.74) is 6.38. The normalized spacial score (nSPS) is 20.3. The largest absolute Gasteiger partial charge is 0.461 e. The number of likely N-dealkylation sites (tertiary alicyclic amines) is 2. The topological polar surface area (TPSA) is 127 Å². The van der Waals surface area contributed by atoms with Crippen LogP contribution in [0.5, 0.6) is 0 Å². The summed E-state index contributed by atoms with van der Waals surface area (Å²) in [5.74, 6) is -4.45. The zero-order chi connectivity index (χ0) is 23.1. The minimum atomic E-state index is -1.05. The first-order valence-corrected chi connectivity index (χ1v) is 10.5. The number of hydrogen-bond acceptors (Lipinski definition) is 9. The van der Waals surface area contributed by atoms with Gasteiger partial charge < -0.3 is 9.47 Å². The smallest absolute Gasteiger partial charge is 0.364 e. The predicted octanol–water partition coefficient (Wildman–Crippen LogP) is -0.0627. The molecule has 2 atom stereocenters. The lowest BCUT2D eigenvalue weighted by Gasteiger charge is -2.16. The van der Waals surface area contributed by atoms with Crippen molar-refractivity contribution < 1.29 is 38.2 Å². The van der Waals surface area contributed by atoms with Crippen LogP contribution in [0.2, 0.25) is 0 Å². The number of esters is 2. The van der Waals surface area contributed by atoms with Crippen LogP contribution in [0.3, 0.4) is 0 Å². The summed E-state index contributed by atoms with van der Waals surface area (Å²) in [6.07, 6.45) is 1.64. The second kappa shape index (κ2) is 10.6. The van der Waals surface area contributed by atoms with E-state index in [1.807, 2.05) is 0 Å². The molecule has 0 saturated carbocycles. The van der Waals surface area contributed by atoms with Gasteiger partial charge in [-0.05, 0) is 24.3 Å². The van der Waals surface area contributed by atoms with Crippen molar-refractivity contribution in [3.05, 3.63) is 29.5 Å². The second-order valence-electron chi connectivity index (χ2n) is 6.55. The molecule has 0 spiro atoms. The number of rotatable bonds is 8. The van der Waals surface area contributed by atoms with Gasteiger partial charge in [0.2, 0.25) is 23.6 Å². The van der Waals surface area contributed by atoms with E-state index in [0.29, 0.717) is 4.90 Å². The van der Waals surface area contributed by atoms with Gasteiger partial charge in [-0.3, -0.25) is 28.9 Å². The Morgan fingerprint density at radius 1 is 1.10 bits per heavy atom. The standard InChI is InChI=1S/C20H20N2O8S/c1-4-5-6-13(22-16(24)10-14(31-3)19(22)27)20(28)30-8-7-29-17(25)11-21-15(23)9-12(2)18(21)26/h12,14H,1,7-11H2,2-3H3. The third-order valence-corrected chi connectivity index (χ3v) is 5.35. The van der Waals surface area contributed by atoms with Crippen LogP contribution in [0, 0.1) is 5.92 Å². The van der Waals surface area contributed by atoms with E-state index < -0.39 is 65.6 Å². The maximum Gasteiger partial charge on any atom is 0.364 e. The fraction of sp³-hybridized carbons (Fsp3) is 0.450. The first kappa shape index (κ1) is 23.9. The molecule has 0 aromatic carbocycles. The third-order valence-electron chi connectivity index (χ3n) is 4.41. The molecule has 0 aromatic rings. The summed E-state index contributed by atoms with van der Waals surface area (Å²) in [5, 5.41) is -0.621. The molecule has 164 valence electrons. The van der Waals surface area contributed by atoms with Gasteiger partial charge >= 0.3 is 11.9 Å². The van der Waals surface area contributed by atoms with E-state index in [9.17, 15) is 28.8 Å². The Kier molecular flexibility index (Phi) is 8.19. The summed E-state index contributed by atoms with van der Waals surface area (Å²) in [6, 6.07) is 0. The third kappa shape index (κ3) is 5.63. The van der Waals surface area contributed by atoms with Crippen molar-refractivity contribution in [1.29, 1.82) is 0 Å². The summed E-state index contributed by atoms with van der Waals surface area (Å²) >= 11 is 1.18. The Morgan fingerprint density at radius 2 is 1.77 bits per heavy atom. The average molecular weight is 448 g/mol. The van der Waals surface area contributed by atoms with Gasteiger partial charge in [0.05, 0.1) is 5.25 Å². The highest BCUT2D eigenvalue weighted by Gasteiger charge is 2.42. The Hall–Kier alpha value is -3.35. The number of nitrogens with zero attached hydrogens (tertiary/aromatic N) is 2. The van der Waals surface area contributed by atoms with Crippen molar-refractivity contribution in [3.8, 4) is 0 Å². The predicted molar refractivity (Wildman–Crippen MR) is 106 cm³/mol. The number of hydrogen-bond donors (Lipinski definition) is 0. The monoisotopic (exact) mass is 448 g/mol. The molecule has 0 aliphatic carbocycles. The van der Waals surface area contributed by atoms with Crippen LogP contribution in [0.25, 0.3) is 0 Å². The minimum absolute atomic E-state index is 0.0385. The van der Waals surface area contributed by atoms with Crippen LogP contribution < -0.4 is 0 Å². The van der Waals surface area contributed by atoms with Crippen LogP contribution >= 0.6 is 11.8 Å². The number of imide groups is 2. The van der Waals surface area contributed by atoms with Crippen LogP contribution in [0.15, 0.2) is 29.5 Å². The fourth-order valence-corrected chi connectivity index (χ4v) is 3.49. The Morgan fingerprint density at radius 3 is 2.32 bits per heavy atom. The van der Waals surface area contributed by atoms with Gasteiger partial charge in [0.1, 0.15) is 19.8 Å². The molecule has 2 saturated heterocycles. The molecule has 4 amide bonds. The Bertz CT molecular complexity index is 954. The van der Waals surface area contributed by atoms with E-state index in [-0.39, 0.29) is 19.4 Å². The van der Waals surface area contributed by atoms with E-state index in [4.69, 9.17) is 9.47 Å². The molecule has 0 N–H and O–H groups in total. The van der Waals surface area contributed by atoms with Gasteiger partial charge in [-0.15, -0.1) is 0 Å². The molecular weight excluding hydrogens is 428 g/mol. The zero-order valence-electron chi connectivity index (χ0n) is 17.0. The van der Waals surface area contributed by atoms with E-state index in [1.165, 1.54) is 11.8 Å². The molecule has 31 heavy (non-hydrogen) atoms. The van der Waals surface area contributed by atoms with Crippen LogP contribution in [0.1, 0.15) is 19.8 Å². The van der Waals surface area contributed by atoms with E-state index in [2.05, 4.69) is 23.8 Å². The van der Waals surface area contributed by atoms with E-state index in [0.717, 1.165) is 4.90 Å². The number of thioether (sulfide) groups is 1. The van der Waals surface area contributed by atoms with E-state index >= 15 is 0 Å². The van der Waals surface area contributed by atoms with Crippen molar-refractivity contribution >= 4 is 47.3 Å². The SMILES string of the molecule is C=C=C=C=C(C(=O)OCCOC(=O)CN1C(=O)CC(C)C1=O)N1C(=O)CC(SC)C1=O. The molecule has 11 heteroatoms. The second-order valence-corrected chi connectivity index (χ2v) is 7.59. The lowest BCUT2D eigenvalue weighted by atomic mass is 10.1. The van der Waals surface area contributed by atoms with Crippen molar-refractivity contribution in [3.63, 3.8) is 0 Å². The highest BCUT2D eigenvalue weighted by Crippen LogP contribution is 2.26. The van der Waals surface area contributed by atoms with Crippen molar-refractivity contribution in [1.82, 2.24) is 9.80 Å². The van der Waals surface area contributed by atoms with Crippen LogP contribution in [0.4, 0.5) is 0 Å². The van der Waals surface area contributed by atoms with Crippen LogP contribution in [-0.4, -0.2) is 76.6 Å². The van der Waals surface area contributed by atoms with Gasteiger partial charge in [-0.1, -0.05) is 12.7 Å². The van der Waals surface area contributed by atoms with E-state index in [1.54, 1.807) is 13.2 Å². The lowest BCUT2D eigenvalue weighted by molar-refractivity contribution is -0.156. The van der Waals surface area contributed by atoms with Gasteiger partial charge in [0, 0.05) is 18.8 Å². The first-order chi connectivity index (χ1) is 14.7. The molecule has 10 nitrogen and oxygen atoms in total. The maximum atomic E-state index is 12.4. The van der Waals surface area contributed by atoms with Crippen molar-refractivity contribution in [2.24, 2.45) is 5.92 Å². The molecule has 2 heterocycles. The Balaban J connectivity index is 1.92. The maximum absolute atomic E-state index is 12.4. The fourth-order valence-electron chi connectivity index (χ4n) is 2.87. The zero-order valence-corrected chi connectivity index (χ0v) is 17.8. The molecule has 0 radical (unpaired) electrons. The number of amides is 4. The number of ether oxygens (including phenoxy) is 2. The number of carbonyl (C=O) groups is 6. The van der Waals surface area contributed by atoms with Gasteiger partial charge in [-0.2, -0.15) is 11.8 Å². The van der Waals surface area contributed by atoms with Crippen molar-refractivity contribution in [2.45, 2.75) is 25.0 Å². The highest BCUT2D eigenvalue weighted by molar-refractivity contribution is 8.00. The molecule has 2 fully saturated rings. The van der Waals surface area contributed by atoms with Crippen LogP contribution in [-0.2, 0) is 38.2 Å².